The van der Waals surface area contributed by atoms with Crippen molar-refractivity contribution in [3.8, 4) is 6.07 Å². The number of nitriles is 1. The monoisotopic (exact) mass is 362 g/mol. The summed E-state index contributed by atoms with van der Waals surface area (Å²) in [6, 6.07) is 8.79. The number of hydrogen-bond donors (Lipinski definition) is 2. The summed E-state index contributed by atoms with van der Waals surface area (Å²) in [4.78, 5) is 26.8. The minimum absolute atomic E-state index is 0.00982. The summed E-state index contributed by atoms with van der Waals surface area (Å²) in [7, 11) is 1.67. The first-order valence-corrected chi connectivity index (χ1v) is 8.14. The summed E-state index contributed by atoms with van der Waals surface area (Å²) in [5, 5.41) is 16.7. The number of benzene rings is 1. The van der Waals surface area contributed by atoms with Crippen molar-refractivity contribution in [3.05, 3.63) is 46.8 Å². The van der Waals surface area contributed by atoms with Crippen LogP contribution >= 0.6 is 0 Å². The molecule has 0 unspecified atom stereocenters. The highest BCUT2D eigenvalue weighted by Crippen LogP contribution is 2.21. The van der Waals surface area contributed by atoms with Gasteiger partial charge in [0.05, 0.1) is 29.6 Å². The lowest BCUT2D eigenvalue weighted by molar-refractivity contribution is -0.116. The quantitative estimate of drug-likeness (QED) is 0.717. The van der Waals surface area contributed by atoms with Crippen molar-refractivity contribution in [2.45, 2.75) is 20.4 Å². The third-order valence-corrected chi connectivity index (χ3v) is 4.25. The molecule has 3 N–H and O–H groups in total. The molecular weight excluding hydrogens is 344 g/mol. The van der Waals surface area contributed by atoms with Gasteiger partial charge in [-0.1, -0.05) is 0 Å². The Morgan fingerprint density at radius 3 is 2.56 bits per heavy atom. The van der Waals surface area contributed by atoms with Gasteiger partial charge >= 0.3 is 0 Å². The van der Waals surface area contributed by atoms with Crippen LogP contribution < -0.4 is 16.3 Å². The first kappa shape index (κ1) is 18.0. The van der Waals surface area contributed by atoms with Crippen molar-refractivity contribution in [3.63, 3.8) is 0 Å². The molecule has 0 aliphatic rings. The minimum atomic E-state index is -0.167. The molecule has 9 nitrogen and oxygen atoms in total. The summed E-state index contributed by atoms with van der Waals surface area (Å²) in [6.07, 6.45) is 0. The Bertz CT molecular complexity index is 1140. The highest BCUT2D eigenvalue weighted by atomic mass is 16.2. The zero-order valence-corrected chi connectivity index (χ0v) is 15.2. The molecule has 0 aliphatic heterocycles. The predicted molar refractivity (Wildman–Crippen MR) is 99.3 cm³/mol. The van der Waals surface area contributed by atoms with Gasteiger partial charge in [-0.3, -0.25) is 14.8 Å². The maximum Gasteiger partial charge on any atom is 0.225 e. The largest absolute Gasteiger partial charge is 0.382 e. The van der Waals surface area contributed by atoms with E-state index in [-0.39, 0.29) is 23.9 Å². The van der Waals surface area contributed by atoms with Gasteiger partial charge < -0.3 is 10.6 Å². The molecule has 1 aromatic carbocycles. The van der Waals surface area contributed by atoms with Crippen LogP contribution in [0, 0.1) is 23.7 Å². The zero-order valence-electron chi connectivity index (χ0n) is 15.2. The Morgan fingerprint density at radius 2 is 1.96 bits per heavy atom. The van der Waals surface area contributed by atoms with Crippen LogP contribution in [-0.4, -0.2) is 25.4 Å². The Balaban J connectivity index is 2.07. The lowest BCUT2D eigenvalue weighted by Crippen LogP contribution is -2.29. The van der Waals surface area contributed by atoms with Crippen LogP contribution in [0.4, 0.5) is 11.5 Å². The van der Waals surface area contributed by atoms with Crippen molar-refractivity contribution < 1.29 is 4.79 Å². The SMILES string of the molecule is CC(=O)N(Cc1nc2c(N)nc(=N)n(C)c2nc1C)c1ccc(C#N)cc1. The standard InChI is InChI=1S/C18H18N8O/c1-10-14(23-15-16(20)24-18(21)25(3)17(15)22-10)9-26(11(2)27)13-6-4-12(8-19)5-7-13/h4-7H,9H2,1-3H3,(H3,20,21,24). The number of nitrogen functional groups attached to an aromatic ring is 1. The number of nitrogens with two attached hydrogens (primary N) is 1. The third kappa shape index (κ3) is 3.32. The summed E-state index contributed by atoms with van der Waals surface area (Å²) in [6.45, 7) is 3.45. The Labute approximate surface area is 155 Å². The molecule has 0 atom stereocenters. The molecule has 3 rings (SSSR count). The molecule has 0 fully saturated rings. The van der Waals surface area contributed by atoms with Gasteiger partial charge in [-0.2, -0.15) is 10.2 Å². The Morgan fingerprint density at radius 1 is 1.30 bits per heavy atom. The average Bonchev–Trinajstić information content (AvgIpc) is 2.64. The normalized spacial score (nSPS) is 10.6. The molecule has 0 bridgehead atoms. The zero-order chi connectivity index (χ0) is 19.7. The predicted octanol–water partition coefficient (Wildman–Crippen LogP) is 1.16. The fourth-order valence-corrected chi connectivity index (χ4v) is 2.69. The average molecular weight is 362 g/mol. The van der Waals surface area contributed by atoms with Crippen LogP contribution in [0.3, 0.4) is 0 Å². The number of amides is 1. The molecule has 0 spiro atoms. The van der Waals surface area contributed by atoms with Crippen molar-refractivity contribution in [1.29, 1.82) is 10.7 Å². The Kier molecular flexibility index (Phi) is 4.56. The topological polar surface area (TPSA) is 138 Å². The van der Waals surface area contributed by atoms with E-state index in [0.717, 1.165) is 0 Å². The minimum Gasteiger partial charge on any atom is -0.382 e. The second-order valence-electron chi connectivity index (χ2n) is 6.07. The van der Waals surface area contributed by atoms with Crippen molar-refractivity contribution >= 4 is 28.6 Å². The van der Waals surface area contributed by atoms with Gasteiger partial charge in [-0.15, -0.1) is 0 Å². The van der Waals surface area contributed by atoms with Crippen molar-refractivity contribution in [2.24, 2.45) is 7.05 Å². The molecule has 2 aromatic heterocycles. The van der Waals surface area contributed by atoms with E-state index in [0.29, 0.717) is 33.8 Å². The molecule has 1 amide bonds. The second kappa shape index (κ2) is 6.84. The van der Waals surface area contributed by atoms with E-state index < -0.39 is 0 Å². The van der Waals surface area contributed by atoms with E-state index in [4.69, 9.17) is 16.4 Å². The molecule has 0 saturated heterocycles. The molecule has 0 radical (unpaired) electrons. The molecule has 136 valence electrons. The number of fused-ring (bicyclic) bond motifs is 1. The van der Waals surface area contributed by atoms with E-state index in [9.17, 15) is 4.79 Å². The first-order chi connectivity index (χ1) is 12.8. The van der Waals surface area contributed by atoms with E-state index in [2.05, 4.69) is 21.0 Å². The molecule has 3 aromatic rings. The lowest BCUT2D eigenvalue weighted by atomic mass is 10.2. The number of aryl methyl sites for hydroxylation is 2. The number of hydrogen-bond acceptors (Lipinski definition) is 7. The number of nitrogens with one attached hydrogen (secondary N) is 1. The van der Waals surface area contributed by atoms with Gasteiger partial charge in [-0.25, -0.2) is 9.97 Å². The van der Waals surface area contributed by atoms with Gasteiger partial charge in [0.2, 0.25) is 11.5 Å². The van der Waals surface area contributed by atoms with Crippen molar-refractivity contribution in [2.75, 3.05) is 10.6 Å². The number of carbonyl (C=O) groups excluding carboxylic acids is 1. The van der Waals surface area contributed by atoms with E-state index in [1.54, 1.807) is 43.1 Å². The fourth-order valence-electron chi connectivity index (χ4n) is 2.69. The number of nitrogens with zero attached hydrogens (tertiary/aromatic N) is 6. The van der Waals surface area contributed by atoms with Gasteiger partial charge in [0.1, 0.15) is 5.52 Å². The van der Waals surface area contributed by atoms with Crippen LogP contribution in [0.2, 0.25) is 0 Å². The van der Waals surface area contributed by atoms with Gasteiger partial charge in [-0.05, 0) is 31.2 Å². The van der Waals surface area contributed by atoms with Crippen LogP contribution in [0.5, 0.6) is 0 Å². The summed E-state index contributed by atoms with van der Waals surface area (Å²) < 4.78 is 1.50. The van der Waals surface area contributed by atoms with E-state index in [1.165, 1.54) is 11.5 Å². The third-order valence-electron chi connectivity index (χ3n) is 4.25. The molecular formula is C18H18N8O. The molecule has 0 aliphatic carbocycles. The highest BCUT2D eigenvalue weighted by molar-refractivity contribution is 5.91. The van der Waals surface area contributed by atoms with Gasteiger partial charge in [0, 0.05) is 19.7 Å². The van der Waals surface area contributed by atoms with Gasteiger partial charge in [0.15, 0.2) is 11.5 Å². The van der Waals surface area contributed by atoms with E-state index >= 15 is 0 Å². The molecule has 2 heterocycles. The molecule has 9 heteroatoms. The summed E-state index contributed by atoms with van der Waals surface area (Å²) >= 11 is 0. The second-order valence-corrected chi connectivity index (χ2v) is 6.07. The van der Waals surface area contributed by atoms with Crippen molar-refractivity contribution in [1.82, 2.24) is 19.5 Å². The summed E-state index contributed by atoms with van der Waals surface area (Å²) in [5.41, 5.74) is 9.13. The number of carbonyl (C=O) groups is 1. The highest BCUT2D eigenvalue weighted by Gasteiger charge is 2.17. The summed E-state index contributed by atoms with van der Waals surface area (Å²) in [5.74, 6) is -0.0474. The van der Waals surface area contributed by atoms with Crippen LogP contribution in [0.1, 0.15) is 23.9 Å². The number of anilines is 2. The number of rotatable bonds is 3. The maximum absolute atomic E-state index is 12.2. The Hall–Kier alpha value is -3.80. The maximum atomic E-state index is 12.2. The lowest BCUT2D eigenvalue weighted by Gasteiger charge is -2.22. The molecule has 0 saturated carbocycles. The smallest absolute Gasteiger partial charge is 0.225 e. The fraction of sp³-hybridized carbons (Fsp3) is 0.222. The van der Waals surface area contributed by atoms with Crippen LogP contribution in [-0.2, 0) is 18.4 Å². The van der Waals surface area contributed by atoms with Crippen LogP contribution in [0.15, 0.2) is 24.3 Å². The van der Waals surface area contributed by atoms with E-state index in [1.807, 2.05) is 0 Å². The number of aromatic nitrogens is 4. The first-order valence-electron chi connectivity index (χ1n) is 8.14. The van der Waals surface area contributed by atoms with Gasteiger partial charge in [0.25, 0.3) is 0 Å². The molecule has 27 heavy (non-hydrogen) atoms. The van der Waals surface area contributed by atoms with Crippen LogP contribution in [0.25, 0.3) is 11.2 Å².